The van der Waals surface area contributed by atoms with Crippen LogP contribution in [0, 0.1) is 0 Å². The topological polar surface area (TPSA) is 108 Å². The summed E-state index contributed by atoms with van der Waals surface area (Å²) in [4.78, 5) is 35.4. The zero-order valence-electron chi connectivity index (χ0n) is 11.4. The van der Waals surface area contributed by atoms with Crippen molar-refractivity contribution in [2.24, 2.45) is 0 Å². The van der Waals surface area contributed by atoms with E-state index in [-0.39, 0.29) is 24.3 Å². The van der Waals surface area contributed by atoms with Crippen molar-refractivity contribution < 1.29 is 29.0 Å². The van der Waals surface area contributed by atoms with Crippen molar-refractivity contribution in [2.75, 3.05) is 11.4 Å². The average molecular weight is 303 g/mol. The molecule has 2 aromatic rings. The van der Waals surface area contributed by atoms with Crippen molar-refractivity contribution >= 4 is 23.5 Å². The number of carbonyl (C=O) groups excluding carboxylic acids is 1. The van der Waals surface area contributed by atoms with Crippen LogP contribution in [0.5, 0.6) is 0 Å². The van der Waals surface area contributed by atoms with Gasteiger partial charge in [-0.15, -0.1) is 0 Å². The summed E-state index contributed by atoms with van der Waals surface area (Å²) >= 11 is 0. The van der Waals surface area contributed by atoms with Crippen LogP contribution in [-0.4, -0.2) is 34.6 Å². The van der Waals surface area contributed by atoms with E-state index in [9.17, 15) is 14.4 Å². The summed E-state index contributed by atoms with van der Waals surface area (Å²) < 4.78 is 5.03. The summed E-state index contributed by atoms with van der Waals surface area (Å²) in [6.07, 6.45) is 1.06. The number of aliphatic carboxylic acids is 1. The van der Waals surface area contributed by atoms with E-state index in [0.29, 0.717) is 5.69 Å². The second-order valence-corrected chi connectivity index (χ2v) is 4.43. The number of carboxylic acid groups (broad SMARTS) is 2. The van der Waals surface area contributed by atoms with Crippen LogP contribution in [0.25, 0.3) is 0 Å². The molecule has 0 saturated heterocycles. The van der Waals surface area contributed by atoms with Gasteiger partial charge >= 0.3 is 11.9 Å². The zero-order valence-corrected chi connectivity index (χ0v) is 11.4. The van der Waals surface area contributed by atoms with Gasteiger partial charge in [0.1, 0.15) is 0 Å². The number of furan rings is 1. The fraction of sp³-hybridized carbons (Fsp3) is 0.133. The maximum Gasteiger partial charge on any atom is 0.335 e. The van der Waals surface area contributed by atoms with Crippen molar-refractivity contribution in [1.29, 1.82) is 0 Å². The summed E-state index contributed by atoms with van der Waals surface area (Å²) in [6.45, 7) is -0.0993. The number of carbonyl (C=O) groups is 3. The minimum absolute atomic E-state index is 0.00469. The van der Waals surface area contributed by atoms with E-state index in [1.54, 1.807) is 0 Å². The normalized spacial score (nSPS) is 10.2. The molecule has 0 bridgehead atoms. The highest BCUT2D eigenvalue weighted by atomic mass is 16.4. The van der Waals surface area contributed by atoms with Crippen LogP contribution in [0.4, 0.5) is 5.69 Å². The quantitative estimate of drug-likeness (QED) is 0.846. The Hall–Kier alpha value is -3.09. The number of nitrogens with zero attached hydrogens (tertiary/aromatic N) is 1. The Bertz CT molecular complexity index is 692. The highest BCUT2D eigenvalue weighted by molar-refractivity contribution is 6.05. The lowest BCUT2D eigenvalue weighted by Gasteiger charge is -2.21. The van der Waals surface area contributed by atoms with E-state index >= 15 is 0 Å². The fourth-order valence-electron chi connectivity index (χ4n) is 1.90. The number of anilines is 1. The molecule has 0 saturated carbocycles. The largest absolute Gasteiger partial charge is 0.481 e. The lowest BCUT2D eigenvalue weighted by molar-refractivity contribution is -0.136. The maximum absolute atomic E-state index is 12.4. The number of hydrogen-bond acceptors (Lipinski definition) is 4. The third-order valence-corrected chi connectivity index (χ3v) is 2.93. The Morgan fingerprint density at radius 2 is 1.86 bits per heavy atom. The van der Waals surface area contributed by atoms with Gasteiger partial charge in [-0.2, -0.15) is 0 Å². The number of benzene rings is 1. The molecular weight excluding hydrogens is 290 g/mol. The smallest absolute Gasteiger partial charge is 0.335 e. The molecule has 0 spiro atoms. The molecule has 7 nitrogen and oxygen atoms in total. The van der Waals surface area contributed by atoms with Crippen LogP contribution in [0.2, 0.25) is 0 Å². The first-order valence-electron chi connectivity index (χ1n) is 6.39. The van der Waals surface area contributed by atoms with E-state index in [2.05, 4.69) is 0 Å². The second-order valence-electron chi connectivity index (χ2n) is 4.43. The molecule has 0 aliphatic rings. The highest BCUT2D eigenvalue weighted by Crippen LogP contribution is 2.20. The van der Waals surface area contributed by atoms with Crippen LogP contribution in [0.15, 0.2) is 47.1 Å². The predicted octanol–water partition coefficient (Wildman–Crippen LogP) is 2.10. The van der Waals surface area contributed by atoms with Gasteiger partial charge in [-0.1, -0.05) is 6.07 Å². The Morgan fingerprint density at radius 3 is 2.45 bits per heavy atom. The van der Waals surface area contributed by atoms with Gasteiger partial charge in [-0.25, -0.2) is 4.79 Å². The van der Waals surface area contributed by atoms with Gasteiger partial charge in [0, 0.05) is 12.2 Å². The van der Waals surface area contributed by atoms with Crippen molar-refractivity contribution in [3.05, 3.63) is 54.0 Å². The molecule has 7 heteroatoms. The number of hydrogen-bond donors (Lipinski definition) is 2. The van der Waals surface area contributed by atoms with E-state index in [0.717, 1.165) is 0 Å². The Kier molecular flexibility index (Phi) is 4.57. The van der Waals surface area contributed by atoms with Gasteiger partial charge in [-0.3, -0.25) is 9.59 Å². The molecule has 0 aliphatic carbocycles. The summed E-state index contributed by atoms with van der Waals surface area (Å²) in [5.41, 5.74) is 0.299. The van der Waals surface area contributed by atoms with E-state index in [1.165, 1.54) is 47.6 Å². The zero-order chi connectivity index (χ0) is 16.1. The van der Waals surface area contributed by atoms with Crippen LogP contribution in [0.1, 0.15) is 27.3 Å². The maximum atomic E-state index is 12.4. The number of amides is 1. The standard InChI is InChI=1S/C15H13NO6/c17-13(18)6-7-16(14(19)12-5-2-8-22-12)11-4-1-3-10(9-11)15(20)21/h1-5,8-9H,6-7H2,(H,17,18)(H,20,21). The molecule has 0 radical (unpaired) electrons. The summed E-state index contributed by atoms with van der Waals surface area (Å²) in [5.74, 6) is -2.68. The molecule has 1 amide bonds. The fourth-order valence-corrected chi connectivity index (χ4v) is 1.90. The van der Waals surface area contributed by atoms with Crippen LogP contribution >= 0.6 is 0 Å². The van der Waals surface area contributed by atoms with E-state index in [1.807, 2.05) is 0 Å². The van der Waals surface area contributed by atoms with Gasteiger partial charge in [0.05, 0.1) is 18.2 Å². The van der Waals surface area contributed by atoms with Gasteiger partial charge in [0.2, 0.25) is 0 Å². The molecule has 1 heterocycles. The van der Waals surface area contributed by atoms with E-state index < -0.39 is 17.8 Å². The minimum atomic E-state index is -1.13. The Labute approximate surface area is 125 Å². The molecule has 2 N–H and O–H groups in total. The van der Waals surface area contributed by atoms with Gasteiger partial charge in [0.25, 0.3) is 5.91 Å². The van der Waals surface area contributed by atoms with Crippen molar-refractivity contribution in [3.8, 4) is 0 Å². The molecular formula is C15H13NO6. The molecule has 0 fully saturated rings. The second kappa shape index (κ2) is 6.57. The highest BCUT2D eigenvalue weighted by Gasteiger charge is 2.21. The van der Waals surface area contributed by atoms with Crippen molar-refractivity contribution in [3.63, 3.8) is 0 Å². The molecule has 2 rings (SSSR count). The Balaban J connectivity index is 2.35. The molecule has 1 aromatic carbocycles. The van der Waals surface area contributed by atoms with Gasteiger partial charge in [0.15, 0.2) is 5.76 Å². The van der Waals surface area contributed by atoms with Gasteiger partial charge in [-0.05, 0) is 30.3 Å². The lowest BCUT2D eigenvalue weighted by Crippen LogP contribution is -2.33. The third kappa shape index (κ3) is 3.51. The summed E-state index contributed by atoms with van der Waals surface area (Å²) in [7, 11) is 0. The van der Waals surface area contributed by atoms with Crippen LogP contribution < -0.4 is 4.90 Å². The lowest BCUT2D eigenvalue weighted by atomic mass is 10.1. The van der Waals surface area contributed by atoms with E-state index in [4.69, 9.17) is 14.6 Å². The van der Waals surface area contributed by atoms with Crippen molar-refractivity contribution in [1.82, 2.24) is 0 Å². The predicted molar refractivity (Wildman–Crippen MR) is 76.0 cm³/mol. The molecule has 0 unspecified atom stereocenters. The number of carboxylic acids is 2. The molecule has 114 valence electrons. The monoisotopic (exact) mass is 303 g/mol. The molecule has 1 aromatic heterocycles. The summed E-state index contributed by atoms with van der Waals surface area (Å²) in [6, 6.07) is 8.72. The SMILES string of the molecule is O=C(O)CCN(C(=O)c1ccco1)c1cccc(C(=O)O)c1. The van der Waals surface area contributed by atoms with Gasteiger partial charge < -0.3 is 19.5 Å². The summed E-state index contributed by atoms with van der Waals surface area (Å²) in [5, 5.41) is 17.8. The number of aromatic carboxylic acids is 1. The minimum Gasteiger partial charge on any atom is -0.481 e. The molecule has 0 atom stereocenters. The first-order valence-corrected chi connectivity index (χ1v) is 6.39. The average Bonchev–Trinajstić information content (AvgIpc) is 3.01. The molecule has 22 heavy (non-hydrogen) atoms. The number of rotatable bonds is 6. The first-order chi connectivity index (χ1) is 10.5. The first kappa shape index (κ1) is 15.3. The third-order valence-electron chi connectivity index (χ3n) is 2.93. The van der Waals surface area contributed by atoms with Crippen molar-refractivity contribution in [2.45, 2.75) is 6.42 Å². The Morgan fingerprint density at radius 1 is 1.09 bits per heavy atom. The van der Waals surface area contributed by atoms with Crippen LogP contribution in [0.3, 0.4) is 0 Å². The van der Waals surface area contributed by atoms with Crippen LogP contribution in [-0.2, 0) is 4.79 Å². The molecule has 0 aliphatic heterocycles.